The third-order valence-corrected chi connectivity index (χ3v) is 3.25. The number of hydrogen-bond donors (Lipinski definition) is 0. The van der Waals surface area contributed by atoms with Gasteiger partial charge in [0.15, 0.2) is 0 Å². The Bertz CT molecular complexity index is 334. The zero-order valence-corrected chi connectivity index (χ0v) is 10.9. The van der Waals surface area contributed by atoms with Crippen LogP contribution >= 0.6 is 11.6 Å². The van der Waals surface area contributed by atoms with Crippen molar-refractivity contribution in [2.45, 2.75) is 27.3 Å². The number of rotatable bonds is 4. The fourth-order valence-corrected chi connectivity index (χ4v) is 1.99. The van der Waals surface area contributed by atoms with E-state index in [9.17, 15) is 0 Å². The van der Waals surface area contributed by atoms with Crippen molar-refractivity contribution in [3.05, 3.63) is 34.4 Å². The molecule has 84 valence electrons. The second-order valence-electron chi connectivity index (χ2n) is 4.22. The van der Waals surface area contributed by atoms with E-state index < -0.39 is 0 Å². The van der Waals surface area contributed by atoms with E-state index in [0.717, 1.165) is 13.1 Å². The molecule has 2 heteroatoms. The molecule has 1 aromatic rings. The van der Waals surface area contributed by atoms with Crippen LogP contribution in [0.25, 0.3) is 0 Å². The predicted molar refractivity (Wildman–Crippen MR) is 67.7 cm³/mol. The maximum absolute atomic E-state index is 5.72. The Morgan fingerprint density at radius 1 is 1.13 bits per heavy atom. The summed E-state index contributed by atoms with van der Waals surface area (Å²) in [5, 5.41) is 0. The van der Waals surface area contributed by atoms with Gasteiger partial charge in [-0.15, -0.1) is 11.6 Å². The SMILES string of the molecule is Cc1ccc(CN(C)CCCl)c(C)c1C. The summed E-state index contributed by atoms with van der Waals surface area (Å²) in [6.45, 7) is 8.48. The van der Waals surface area contributed by atoms with Crippen LogP contribution in [-0.4, -0.2) is 24.4 Å². The van der Waals surface area contributed by atoms with Crippen molar-refractivity contribution < 1.29 is 0 Å². The van der Waals surface area contributed by atoms with Gasteiger partial charge in [0.05, 0.1) is 0 Å². The number of alkyl halides is 1. The summed E-state index contributed by atoms with van der Waals surface area (Å²) in [5.41, 5.74) is 5.60. The molecule has 0 heterocycles. The lowest BCUT2D eigenvalue weighted by molar-refractivity contribution is 0.347. The minimum absolute atomic E-state index is 0.695. The number of hydrogen-bond acceptors (Lipinski definition) is 1. The monoisotopic (exact) mass is 225 g/mol. The molecular formula is C13H20ClN. The van der Waals surface area contributed by atoms with Crippen LogP contribution in [0.5, 0.6) is 0 Å². The van der Waals surface area contributed by atoms with Gasteiger partial charge in [0.25, 0.3) is 0 Å². The number of aryl methyl sites for hydroxylation is 1. The van der Waals surface area contributed by atoms with E-state index in [0.29, 0.717) is 5.88 Å². The van der Waals surface area contributed by atoms with Crippen LogP contribution in [0.4, 0.5) is 0 Å². The van der Waals surface area contributed by atoms with E-state index in [1.54, 1.807) is 0 Å². The molecule has 0 bridgehead atoms. The molecule has 0 unspecified atom stereocenters. The third kappa shape index (κ3) is 3.22. The first-order chi connectivity index (χ1) is 7.06. The zero-order chi connectivity index (χ0) is 11.4. The smallest absolute Gasteiger partial charge is 0.0351 e. The lowest BCUT2D eigenvalue weighted by atomic mass is 9.99. The molecule has 15 heavy (non-hydrogen) atoms. The molecule has 0 aliphatic rings. The van der Waals surface area contributed by atoms with Crippen LogP contribution in [0.3, 0.4) is 0 Å². The normalized spacial score (nSPS) is 11.1. The van der Waals surface area contributed by atoms with Crippen molar-refractivity contribution in [1.29, 1.82) is 0 Å². The Morgan fingerprint density at radius 3 is 2.40 bits per heavy atom. The Morgan fingerprint density at radius 2 is 1.80 bits per heavy atom. The van der Waals surface area contributed by atoms with Crippen LogP contribution in [0.2, 0.25) is 0 Å². The average Bonchev–Trinajstić information content (AvgIpc) is 2.20. The molecule has 0 saturated carbocycles. The van der Waals surface area contributed by atoms with Crippen molar-refractivity contribution in [2.75, 3.05) is 19.5 Å². The van der Waals surface area contributed by atoms with Crippen molar-refractivity contribution in [3.63, 3.8) is 0 Å². The molecule has 0 radical (unpaired) electrons. The standard InChI is InChI=1S/C13H20ClN/c1-10-5-6-13(12(3)11(10)2)9-15(4)8-7-14/h5-6H,7-9H2,1-4H3. The molecule has 0 spiro atoms. The predicted octanol–water partition coefficient (Wildman–Crippen LogP) is 3.28. The quantitative estimate of drug-likeness (QED) is 0.711. The van der Waals surface area contributed by atoms with Gasteiger partial charge in [-0.1, -0.05) is 12.1 Å². The maximum Gasteiger partial charge on any atom is 0.0351 e. The highest BCUT2D eigenvalue weighted by atomic mass is 35.5. The van der Waals surface area contributed by atoms with Crippen molar-refractivity contribution in [3.8, 4) is 0 Å². The van der Waals surface area contributed by atoms with Gasteiger partial charge >= 0.3 is 0 Å². The van der Waals surface area contributed by atoms with Gasteiger partial charge < -0.3 is 4.90 Å². The molecule has 0 aliphatic heterocycles. The first-order valence-corrected chi connectivity index (χ1v) is 5.90. The van der Waals surface area contributed by atoms with Crippen molar-refractivity contribution >= 4 is 11.6 Å². The topological polar surface area (TPSA) is 3.24 Å². The fraction of sp³-hybridized carbons (Fsp3) is 0.538. The van der Waals surface area contributed by atoms with Crippen molar-refractivity contribution in [1.82, 2.24) is 4.90 Å². The molecule has 0 N–H and O–H groups in total. The molecule has 1 nitrogen and oxygen atoms in total. The summed E-state index contributed by atoms with van der Waals surface area (Å²) in [5.74, 6) is 0.695. The third-order valence-electron chi connectivity index (χ3n) is 3.08. The first kappa shape index (κ1) is 12.5. The van der Waals surface area contributed by atoms with E-state index in [4.69, 9.17) is 11.6 Å². The van der Waals surface area contributed by atoms with Crippen LogP contribution in [0, 0.1) is 20.8 Å². The Kier molecular flexibility index (Phi) is 4.62. The summed E-state index contributed by atoms with van der Waals surface area (Å²) < 4.78 is 0. The summed E-state index contributed by atoms with van der Waals surface area (Å²) in [6.07, 6.45) is 0. The molecule has 1 aromatic carbocycles. The molecule has 0 aliphatic carbocycles. The average molecular weight is 226 g/mol. The minimum atomic E-state index is 0.695. The van der Waals surface area contributed by atoms with Gasteiger partial charge in [0, 0.05) is 19.0 Å². The second kappa shape index (κ2) is 5.53. The Hall–Kier alpha value is -0.530. The van der Waals surface area contributed by atoms with Crippen LogP contribution in [0.1, 0.15) is 22.3 Å². The van der Waals surface area contributed by atoms with E-state index in [2.05, 4.69) is 44.9 Å². The van der Waals surface area contributed by atoms with Crippen LogP contribution < -0.4 is 0 Å². The maximum atomic E-state index is 5.72. The van der Waals surface area contributed by atoms with Gasteiger partial charge in [-0.2, -0.15) is 0 Å². The largest absolute Gasteiger partial charge is 0.301 e. The Balaban J connectivity index is 2.82. The Labute approximate surface area is 98.0 Å². The molecule has 1 rings (SSSR count). The lowest BCUT2D eigenvalue weighted by Gasteiger charge is -2.18. The highest BCUT2D eigenvalue weighted by Gasteiger charge is 2.05. The highest BCUT2D eigenvalue weighted by Crippen LogP contribution is 2.18. The van der Waals surface area contributed by atoms with Gasteiger partial charge in [-0.25, -0.2) is 0 Å². The summed E-state index contributed by atoms with van der Waals surface area (Å²) in [7, 11) is 2.11. The molecule has 0 aromatic heterocycles. The van der Waals surface area contributed by atoms with Crippen LogP contribution in [-0.2, 0) is 6.54 Å². The molecule has 0 atom stereocenters. The number of nitrogens with zero attached hydrogens (tertiary/aromatic N) is 1. The molecule has 0 fully saturated rings. The molecular weight excluding hydrogens is 206 g/mol. The van der Waals surface area contributed by atoms with Crippen molar-refractivity contribution in [2.24, 2.45) is 0 Å². The van der Waals surface area contributed by atoms with E-state index in [1.807, 2.05) is 0 Å². The van der Waals surface area contributed by atoms with E-state index >= 15 is 0 Å². The zero-order valence-electron chi connectivity index (χ0n) is 10.1. The van der Waals surface area contributed by atoms with Gasteiger partial charge in [0.2, 0.25) is 0 Å². The fourth-order valence-electron chi connectivity index (χ4n) is 1.70. The van der Waals surface area contributed by atoms with Gasteiger partial charge in [-0.3, -0.25) is 0 Å². The van der Waals surface area contributed by atoms with Gasteiger partial charge in [0.1, 0.15) is 0 Å². The van der Waals surface area contributed by atoms with Gasteiger partial charge in [-0.05, 0) is 50.1 Å². The molecule has 0 amide bonds. The second-order valence-corrected chi connectivity index (χ2v) is 4.60. The van der Waals surface area contributed by atoms with E-state index in [-0.39, 0.29) is 0 Å². The minimum Gasteiger partial charge on any atom is -0.301 e. The van der Waals surface area contributed by atoms with Crippen LogP contribution in [0.15, 0.2) is 12.1 Å². The summed E-state index contributed by atoms with van der Waals surface area (Å²) in [6, 6.07) is 4.43. The summed E-state index contributed by atoms with van der Waals surface area (Å²) in [4.78, 5) is 2.25. The van der Waals surface area contributed by atoms with E-state index in [1.165, 1.54) is 22.3 Å². The number of benzene rings is 1. The lowest BCUT2D eigenvalue weighted by Crippen LogP contribution is -2.20. The highest BCUT2D eigenvalue weighted by molar-refractivity contribution is 6.18. The first-order valence-electron chi connectivity index (χ1n) is 5.36. The molecule has 0 saturated heterocycles. The number of halogens is 1. The summed E-state index contributed by atoms with van der Waals surface area (Å²) >= 11 is 5.72.